The molecule has 0 aliphatic heterocycles. The number of aromatic nitrogens is 1. The summed E-state index contributed by atoms with van der Waals surface area (Å²) in [6.07, 6.45) is 0. The maximum Gasteiger partial charge on any atom is 0.352 e. The van der Waals surface area contributed by atoms with Gasteiger partial charge in [0.2, 0.25) is 0 Å². The number of carboxylic acids is 1. The van der Waals surface area contributed by atoms with Crippen molar-refractivity contribution in [1.29, 1.82) is 0 Å². The number of pyridine rings is 1. The molecule has 0 saturated heterocycles. The second kappa shape index (κ2) is 4.94. The normalized spacial score (nSPS) is 11.8. The molecule has 0 unspecified atom stereocenters. The number of fused-ring (bicyclic) bond motifs is 1. The number of benzene rings is 1. The van der Waals surface area contributed by atoms with Crippen molar-refractivity contribution in [2.75, 3.05) is 0 Å². The Hall–Kier alpha value is -1.81. The van der Waals surface area contributed by atoms with Gasteiger partial charge < -0.3 is 9.67 Å². The van der Waals surface area contributed by atoms with Gasteiger partial charge in [-0.05, 0) is 23.6 Å². The number of nitrogens with zero attached hydrogens (tertiary/aromatic N) is 1. The average Bonchev–Trinajstić information content (AvgIpc) is 2.30. The number of carboxylic acid groups (broad SMARTS) is 1. The number of hydrogen-bond donors (Lipinski definition) is 1. The molecule has 0 atom stereocenters. The summed E-state index contributed by atoms with van der Waals surface area (Å²) in [5.41, 5.74) is 0.102. The first-order valence-corrected chi connectivity index (χ1v) is 6.63. The van der Waals surface area contributed by atoms with Crippen LogP contribution in [0.25, 0.3) is 10.9 Å². The molecule has 5 heteroatoms. The van der Waals surface area contributed by atoms with Gasteiger partial charge in [0.05, 0.1) is 5.52 Å². The van der Waals surface area contributed by atoms with Crippen LogP contribution in [0.1, 0.15) is 31.3 Å². The standard InChI is InChI=1S/C15H16ClNO3/c1-15(2,3)8-17-11-6-9(16)4-5-10(11)13(18)7-12(17)14(19)20/h4-7H,8H2,1-3H3,(H,19,20). The van der Waals surface area contributed by atoms with E-state index in [2.05, 4.69) is 0 Å². The summed E-state index contributed by atoms with van der Waals surface area (Å²) in [7, 11) is 0. The second-order valence-corrected chi connectivity index (χ2v) is 6.44. The number of halogens is 1. The van der Waals surface area contributed by atoms with E-state index in [1.54, 1.807) is 22.8 Å². The highest BCUT2D eigenvalue weighted by atomic mass is 35.5. The van der Waals surface area contributed by atoms with E-state index in [4.69, 9.17) is 11.6 Å². The summed E-state index contributed by atoms with van der Waals surface area (Å²) in [5.74, 6) is -1.12. The van der Waals surface area contributed by atoms with Gasteiger partial charge in [-0.15, -0.1) is 0 Å². The highest BCUT2D eigenvalue weighted by molar-refractivity contribution is 6.31. The zero-order valence-electron chi connectivity index (χ0n) is 11.6. The lowest BCUT2D eigenvalue weighted by atomic mass is 9.96. The molecule has 2 rings (SSSR count). The Morgan fingerprint density at radius 3 is 2.50 bits per heavy atom. The molecule has 1 aromatic carbocycles. The fourth-order valence-electron chi connectivity index (χ4n) is 2.17. The molecular weight excluding hydrogens is 278 g/mol. The molecule has 0 bridgehead atoms. The molecule has 0 radical (unpaired) electrons. The zero-order chi connectivity index (χ0) is 15.1. The van der Waals surface area contributed by atoms with Crippen LogP contribution in [0.5, 0.6) is 0 Å². The molecule has 1 aromatic heterocycles. The van der Waals surface area contributed by atoms with Gasteiger partial charge in [0.15, 0.2) is 5.43 Å². The fraction of sp³-hybridized carbons (Fsp3) is 0.333. The Kier molecular flexibility index (Phi) is 3.61. The number of carbonyl (C=O) groups is 1. The average molecular weight is 294 g/mol. The van der Waals surface area contributed by atoms with Crippen molar-refractivity contribution < 1.29 is 9.90 Å². The quantitative estimate of drug-likeness (QED) is 0.923. The van der Waals surface area contributed by atoms with Crippen LogP contribution >= 0.6 is 11.6 Å². The van der Waals surface area contributed by atoms with Crippen molar-refractivity contribution in [2.24, 2.45) is 5.41 Å². The van der Waals surface area contributed by atoms with E-state index in [0.29, 0.717) is 22.5 Å². The van der Waals surface area contributed by atoms with Crippen molar-refractivity contribution in [3.8, 4) is 0 Å². The lowest BCUT2D eigenvalue weighted by molar-refractivity contribution is 0.0682. The van der Waals surface area contributed by atoms with E-state index < -0.39 is 5.97 Å². The van der Waals surface area contributed by atoms with E-state index in [1.165, 1.54) is 6.07 Å². The summed E-state index contributed by atoms with van der Waals surface area (Å²) in [6, 6.07) is 6.07. The first kappa shape index (κ1) is 14.6. The molecule has 0 fully saturated rings. The first-order valence-electron chi connectivity index (χ1n) is 6.25. The SMILES string of the molecule is CC(C)(C)Cn1c(C(=O)O)cc(=O)c2ccc(Cl)cc21. The van der Waals surface area contributed by atoms with Crippen molar-refractivity contribution in [2.45, 2.75) is 27.3 Å². The predicted molar refractivity (Wildman–Crippen MR) is 79.6 cm³/mol. The van der Waals surface area contributed by atoms with Gasteiger partial charge in [0, 0.05) is 23.0 Å². The maximum absolute atomic E-state index is 12.0. The monoisotopic (exact) mass is 293 g/mol. The van der Waals surface area contributed by atoms with E-state index in [0.717, 1.165) is 0 Å². The van der Waals surface area contributed by atoms with Crippen LogP contribution in [0.4, 0.5) is 0 Å². The number of rotatable bonds is 2. The van der Waals surface area contributed by atoms with Crippen LogP contribution in [0, 0.1) is 5.41 Å². The lowest BCUT2D eigenvalue weighted by Crippen LogP contribution is -2.24. The summed E-state index contributed by atoms with van der Waals surface area (Å²) in [6.45, 7) is 6.50. The van der Waals surface area contributed by atoms with Gasteiger partial charge in [-0.3, -0.25) is 4.79 Å². The molecule has 1 heterocycles. The van der Waals surface area contributed by atoms with Crippen molar-refractivity contribution in [1.82, 2.24) is 4.57 Å². The minimum atomic E-state index is -1.12. The Morgan fingerprint density at radius 1 is 1.30 bits per heavy atom. The minimum absolute atomic E-state index is 0.0142. The zero-order valence-corrected chi connectivity index (χ0v) is 12.4. The molecule has 20 heavy (non-hydrogen) atoms. The van der Waals surface area contributed by atoms with Crippen LogP contribution in [0.2, 0.25) is 5.02 Å². The van der Waals surface area contributed by atoms with Crippen LogP contribution in [0.15, 0.2) is 29.1 Å². The lowest BCUT2D eigenvalue weighted by Gasteiger charge is -2.23. The third-order valence-electron chi connectivity index (χ3n) is 2.93. The van der Waals surface area contributed by atoms with Crippen molar-refractivity contribution in [3.05, 3.63) is 45.2 Å². The predicted octanol–water partition coefficient (Wildman–Crippen LogP) is 3.40. The van der Waals surface area contributed by atoms with Gasteiger partial charge in [0.1, 0.15) is 5.69 Å². The summed E-state index contributed by atoms with van der Waals surface area (Å²) < 4.78 is 1.64. The summed E-state index contributed by atoms with van der Waals surface area (Å²) in [4.78, 5) is 23.4. The number of hydrogen-bond acceptors (Lipinski definition) is 2. The molecule has 0 aliphatic rings. The van der Waals surface area contributed by atoms with E-state index in [9.17, 15) is 14.7 Å². The largest absolute Gasteiger partial charge is 0.477 e. The van der Waals surface area contributed by atoms with E-state index in [1.807, 2.05) is 20.8 Å². The van der Waals surface area contributed by atoms with Gasteiger partial charge >= 0.3 is 5.97 Å². The van der Waals surface area contributed by atoms with Gasteiger partial charge in [0.25, 0.3) is 0 Å². The topological polar surface area (TPSA) is 59.3 Å². The third kappa shape index (κ3) is 2.85. The second-order valence-electron chi connectivity index (χ2n) is 6.01. The maximum atomic E-state index is 12.0. The highest BCUT2D eigenvalue weighted by Crippen LogP contribution is 2.24. The van der Waals surface area contributed by atoms with Crippen LogP contribution < -0.4 is 5.43 Å². The fourth-order valence-corrected chi connectivity index (χ4v) is 2.33. The molecule has 106 valence electrons. The van der Waals surface area contributed by atoms with Gasteiger partial charge in [-0.25, -0.2) is 4.79 Å². The Bertz CT molecular complexity index is 741. The minimum Gasteiger partial charge on any atom is -0.477 e. The Morgan fingerprint density at radius 2 is 1.95 bits per heavy atom. The molecule has 0 spiro atoms. The van der Waals surface area contributed by atoms with Crippen molar-refractivity contribution in [3.63, 3.8) is 0 Å². The Balaban J connectivity index is 2.88. The first-order chi connectivity index (χ1) is 9.19. The molecule has 0 aliphatic carbocycles. The van der Waals surface area contributed by atoms with E-state index >= 15 is 0 Å². The smallest absolute Gasteiger partial charge is 0.352 e. The molecule has 1 N–H and O–H groups in total. The van der Waals surface area contributed by atoms with Crippen molar-refractivity contribution >= 4 is 28.5 Å². The molecular formula is C15H16ClNO3. The molecule has 4 nitrogen and oxygen atoms in total. The summed E-state index contributed by atoms with van der Waals surface area (Å²) in [5, 5.41) is 10.3. The van der Waals surface area contributed by atoms with Gasteiger partial charge in [-0.2, -0.15) is 0 Å². The van der Waals surface area contributed by atoms with Gasteiger partial charge in [-0.1, -0.05) is 32.4 Å². The highest BCUT2D eigenvalue weighted by Gasteiger charge is 2.19. The van der Waals surface area contributed by atoms with Crippen LogP contribution in [-0.2, 0) is 6.54 Å². The van der Waals surface area contributed by atoms with Crippen LogP contribution in [0.3, 0.4) is 0 Å². The third-order valence-corrected chi connectivity index (χ3v) is 3.16. The van der Waals surface area contributed by atoms with Crippen LogP contribution in [-0.4, -0.2) is 15.6 Å². The molecule has 0 saturated carbocycles. The number of aromatic carboxylic acids is 1. The molecule has 2 aromatic rings. The summed E-state index contributed by atoms with van der Waals surface area (Å²) >= 11 is 5.98. The molecule has 0 amide bonds. The Labute approximate surface area is 121 Å². The van der Waals surface area contributed by atoms with E-state index in [-0.39, 0.29) is 16.5 Å².